The van der Waals surface area contributed by atoms with Crippen molar-refractivity contribution in [1.82, 2.24) is 0 Å². The first kappa shape index (κ1) is 16.1. The third-order valence-corrected chi connectivity index (χ3v) is 2.19. The summed E-state index contributed by atoms with van der Waals surface area (Å²) in [5.41, 5.74) is 0.487. The lowest BCUT2D eigenvalue weighted by atomic mass is 10.1. The van der Waals surface area contributed by atoms with E-state index in [4.69, 9.17) is 9.47 Å². The van der Waals surface area contributed by atoms with Gasteiger partial charge >= 0.3 is 12.3 Å². The molecule has 20 heavy (non-hydrogen) atoms. The zero-order valence-corrected chi connectivity index (χ0v) is 11.1. The Labute approximate surface area is 114 Å². The lowest BCUT2D eigenvalue weighted by Gasteiger charge is -2.14. The van der Waals surface area contributed by atoms with E-state index in [0.29, 0.717) is 5.56 Å². The number of rotatable bonds is 6. The quantitative estimate of drug-likeness (QED) is 0.756. The number of carbonyl (C=O) groups excluding carboxylic acids is 1. The van der Waals surface area contributed by atoms with E-state index in [1.165, 1.54) is 12.1 Å². The van der Waals surface area contributed by atoms with Gasteiger partial charge in [0.05, 0.1) is 19.6 Å². The maximum absolute atomic E-state index is 12.2. The maximum Gasteiger partial charge on any atom is 0.573 e. The fourth-order valence-corrected chi connectivity index (χ4v) is 1.52. The molecule has 1 rings (SSSR count). The van der Waals surface area contributed by atoms with Gasteiger partial charge in [0.2, 0.25) is 0 Å². The summed E-state index contributed by atoms with van der Waals surface area (Å²) < 4.78 is 50.4. The fourth-order valence-electron chi connectivity index (χ4n) is 1.52. The number of esters is 1. The van der Waals surface area contributed by atoms with Crippen molar-refractivity contribution in [3.63, 3.8) is 0 Å². The molecule has 0 N–H and O–H groups in total. The van der Waals surface area contributed by atoms with Crippen molar-refractivity contribution in [2.75, 3.05) is 13.2 Å². The monoisotopic (exact) mass is 292 g/mol. The molecule has 0 aliphatic rings. The third-order valence-electron chi connectivity index (χ3n) is 2.19. The van der Waals surface area contributed by atoms with E-state index in [-0.39, 0.29) is 25.4 Å². The summed E-state index contributed by atoms with van der Waals surface area (Å²) in [6, 6.07) is 3.81. The molecule has 1 aromatic carbocycles. The van der Waals surface area contributed by atoms with Crippen molar-refractivity contribution in [2.45, 2.75) is 26.6 Å². The van der Waals surface area contributed by atoms with Crippen molar-refractivity contribution in [2.24, 2.45) is 0 Å². The maximum atomic E-state index is 12.2. The van der Waals surface area contributed by atoms with Gasteiger partial charge in [-0.2, -0.15) is 0 Å². The summed E-state index contributed by atoms with van der Waals surface area (Å²) in [5, 5.41) is 0. The number of benzene rings is 1. The van der Waals surface area contributed by atoms with Gasteiger partial charge in [-0.3, -0.25) is 4.79 Å². The van der Waals surface area contributed by atoms with Gasteiger partial charge in [0.15, 0.2) is 11.5 Å². The van der Waals surface area contributed by atoms with Crippen LogP contribution < -0.4 is 9.47 Å². The van der Waals surface area contributed by atoms with E-state index in [1.54, 1.807) is 13.8 Å². The topological polar surface area (TPSA) is 44.8 Å². The van der Waals surface area contributed by atoms with Crippen LogP contribution in [-0.4, -0.2) is 25.5 Å². The second kappa shape index (κ2) is 7.02. The highest BCUT2D eigenvalue weighted by Crippen LogP contribution is 2.33. The summed E-state index contributed by atoms with van der Waals surface area (Å²) in [6.45, 7) is 3.72. The summed E-state index contributed by atoms with van der Waals surface area (Å²) in [5.74, 6) is -0.960. The third kappa shape index (κ3) is 5.38. The van der Waals surface area contributed by atoms with E-state index < -0.39 is 18.1 Å². The van der Waals surface area contributed by atoms with Gasteiger partial charge in [-0.25, -0.2) is 0 Å². The molecular formula is C13H15F3O4. The van der Waals surface area contributed by atoms with Crippen molar-refractivity contribution in [3.8, 4) is 11.5 Å². The lowest BCUT2D eigenvalue weighted by Crippen LogP contribution is -2.18. The first-order valence-corrected chi connectivity index (χ1v) is 6.02. The highest BCUT2D eigenvalue weighted by Gasteiger charge is 2.32. The van der Waals surface area contributed by atoms with Crippen LogP contribution >= 0.6 is 0 Å². The summed E-state index contributed by atoms with van der Waals surface area (Å²) >= 11 is 0. The average Bonchev–Trinajstić information content (AvgIpc) is 2.31. The second-order valence-corrected chi connectivity index (χ2v) is 3.74. The standard InChI is InChI=1S/C13H15F3O4/c1-3-18-11-7-9(8-12(17)19-4-2)5-6-10(11)20-13(14,15)16/h5-7H,3-4,8H2,1-2H3. The Bertz CT molecular complexity index is 457. The summed E-state index contributed by atoms with van der Waals surface area (Å²) in [6.07, 6.45) is -4.84. The van der Waals surface area contributed by atoms with Gasteiger partial charge in [0.1, 0.15) is 0 Å². The van der Waals surface area contributed by atoms with Crippen LogP contribution in [0, 0.1) is 0 Å². The number of carbonyl (C=O) groups is 1. The van der Waals surface area contributed by atoms with Gasteiger partial charge < -0.3 is 14.2 Å². The molecule has 0 aliphatic heterocycles. The van der Waals surface area contributed by atoms with Crippen molar-refractivity contribution in [1.29, 1.82) is 0 Å². The summed E-state index contributed by atoms with van der Waals surface area (Å²) in [4.78, 5) is 11.3. The van der Waals surface area contributed by atoms with Gasteiger partial charge in [-0.1, -0.05) is 6.07 Å². The van der Waals surface area contributed by atoms with Crippen LogP contribution in [0.1, 0.15) is 19.4 Å². The Morgan fingerprint density at radius 1 is 1.15 bits per heavy atom. The van der Waals surface area contributed by atoms with Crippen LogP contribution in [0.3, 0.4) is 0 Å². The molecule has 0 aromatic heterocycles. The largest absolute Gasteiger partial charge is 0.573 e. The molecule has 0 amide bonds. The Balaban J connectivity index is 2.91. The number of ether oxygens (including phenoxy) is 3. The highest BCUT2D eigenvalue weighted by atomic mass is 19.4. The first-order valence-electron chi connectivity index (χ1n) is 6.02. The smallest absolute Gasteiger partial charge is 0.490 e. The molecule has 0 fully saturated rings. The molecule has 0 spiro atoms. The molecule has 4 nitrogen and oxygen atoms in total. The van der Waals surface area contributed by atoms with E-state index in [0.717, 1.165) is 6.07 Å². The highest BCUT2D eigenvalue weighted by molar-refractivity contribution is 5.72. The molecule has 112 valence electrons. The van der Waals surface area contributed by atoms with Gasteiger partial charge in [0.25, 0.3) is 0 Å². The number of hydrogen-bond acceptors (Lipinski definition) is 4. The predicted molar refractivity (Wildman–Crippen MR) is 64.6 cm³/mol. The molecule has 7 heteroatoms. The molecule has 0 unspecified atom stereocenters. The molecule has 0 heterocycles. The average molecular weight is 292 g/mol. The Morgan fingerprint density at radius 3 is 2.40 bits per heavy atom. The predicted octanol–water partition coefficient (Wildman–Crippen LogP) is 3.09. The Morgan fingerprint density at radius 2 is 1.85 bits per heavy atom. The molecule has 0 bridgehead atoms. The van der Waals surface area contributed by atoms with Crippen LogP contribution in [0.2, 0.25) is 0 Å². The van der Waals surface area contributed by atoms with Gasteiger partial charge in [-0.15, -0.1) is 13.2 Å². The minimum atomic E-state index is -4.80. The normalized spacial score (nSPS) is 11.1. The molecular weight excluding hydrogens is 277 g/mol. The molecule has 0 atom stereocenters. The first-order chi connectivity index (χ1) is 9.35. The van der Waals surface area contributed by atoms with E-state index in [9.17, 15) is 18.0 Å². The Kier molecular flexibility index (Phi) is 5.66. The van der Waals surface area contributed by atoms with E-state index in [2.05, 4.69) is 4.74 Å². The van der Waals surface area contributed by atoms with Gasteiger partial charge in [0, 0.05) is 0 Å². The molecule has 1 aromatic rings. The van der Waals surface area contributed by atoms with Crippen LogP contribution in [-0.2, 0) is 16.0 Å². The zero-order chi connectivity index (χ0) is 15.2. The second-order valence-electron chi connectivity index (χ2n) is 3.74. The minimum absolute atomic E-state index is 0.0415. The van der Waals surface area contributed by atoms with Crippen molar-refractivity contribution >= 4 is 5.97 Å². The van der Waals surface area contributed by atoms with Crippen LogP contribution in [0.5, 0.6) is 11.5 Å². The van der Waals surface area contributed by atoms with Crippen LogP contribution in [0.4, 0.5) is 13.2 Å². The van der Waals surface area contributed by atoms with E-state index in [1.807, 2.05) is 0 Å². The van der Waals surface area contributed by atoms with E-state index >= 15 is 0 Å². The minimum Gasteiger partial charge on any atom is -0.490 e. The van der Waals surface area contributed by atoms with Crippen molar-refractivity contribution in [3.05, 3.63) is 23.8 Å². The summed E-state index contributed by atoms with van der Waals surface area (Å²) in [7, 11) is 0. The van der Waals surface area contributed by atoms with Crippen LogP contribution in [0.25, 0.3) is 0 Å². The fraction of sp³-hybridized carbons (Fsp3) is 0.462. The number of halogens is 3. The van der Waals surface area contributed by atoms with Gasteiger partial charge in [-0.05, 0) is 31.5 Å². The molecule has 0 saturated heterocycles. The number of hydrogen-bond donors (Lipinski definition) is 0. The number of alkyl halides is 3. The molecule has 0 saturated carbocycles. The SMILES string of the molecule is CCOC(=O)Cc1ccc(OC(F)(F)F)c(OCC)c1. The molecule has 0 radical (unpaired) electrons. The molecule has 0 aliphatic carbocycles. The zero-order valence-electron chi connectivity index (χ0n) is 11.1. The Hall–Kier alpha value is -1.92. The van der Waals surface area contributed by atoms with Crippen LogP contribution in [0.15, 0.2) is 18.2 Å². The van der Waals surface area contributed by atoms with Crippen molar-refractivity contribution < 1.29 is 32.2 Å². The lowest BCUT2D eigenvalue weighted by molar-refractivity contribution is -0.275.